The lowest BCUT2D eigenvalue weighted by Gasteiger charge is -2.63. The van der Waals surface area contributed by atoms with E-state index in [1.54, 1.807) is 0 Å². The highest BCUT2D eigenvalue weighted by Gasteiger charge is 2.58. The molecule has 0 amide bonds. The van der Waals surface area contributed by atoms with E-state index in [0.717, 1.165) is 88.9 Å². The van der Waals surface area contributed by atoms with Crippen LogP contribution in [0.5, 0.6) is 0 Å². The van der Waals surface area contributed by atoms with Gasteiger partial charge in [0.25, 0.3) is 0 Å². The van der Waals surface area contributed by atoms with E-state index >= 15 is 0 Å². The third kappa shape index (κ3) is 47.7. The van der Waals surface area contributed by atoms with Crippen LogP contribution in [-0.2, 0) is 53.4 Å². The molecule has 3 aromatic carbocycles. The van der Waals surface area contributed by atoms with Crippen molar-refractivity contribution in [2.24, 2.45) is 118 Å². The number of unbranched alkanes of at least 4 members (excludes halogenated alkanes) is 5. The van der Waals surface area contributed by atoms with Crippen LogP contribution in [0.25, 0.3) is 0 Å². The molecule has 0 spiro atoms. The van der Waals surface area contributed by atoms with Crippen LogP contribution in [0.3, 0.4) is 0 Å². The summed E-state index contributed by atoms with van der Waals surface area (Å²) in [6.07, 6.45) is 32.2. The maximum absolute atomic E-state index is 12.9. The summed E-state index contributed by atoms with van der Waals surface area (Å²) >= 11 is 0. The molecule has 708 valence electrons. The molecule has 4 aliphatic rings. The number of hydrogen-bond donors (Lipinski definition) is 0. The molecule has 6 atom stereocenters. The number of Topliss-reactive ketones (excluding diaryl/α,β-unsaturated/α-hetero) is 6. The van der Waals surface area contributed by atoms with Crippen LogP contribution in [0.1, 0.15) is 476 Å². The second-order valence-corrected chi connectivity index (χ2v) is 54.6. The van der Waals surface area contributed by atoms with Crippen molar-refractivity contribution in [1.82, 2.24) is 0 Å². The average molecular weight is 1710 g/mol. The molecule has 0 saturated heterocycles. The Labute approximate surface area is 765 Å². The highest BCUT2D eigenvalue weighted by molar-refractivity contribution is 5.89. The van der Waals surface area contributed by atoms with E-state index in [1.165, 1.54) is 141 Å². The highest BCUT2D eigenvalue weighted by Crippen LogP contribution is 2.68. The van der Waals surface area contributed by atoms with Gasteiger partial charge in [0.1, 0.15) is 34.7 Å². The summed E-state index contributed by atoms with van der Waals surface area (Å²) < 4.78 is 0. The summed E-state index contributed by atoms with van der Waals surface area (Å²) in [4.78, 5) is 76.6. The van der Waals surface area contributed by atoms with Gasteiger partial charge in [-0.15, -0.1) is 0 Å². The average Bonchev–Trinajstić information content (AvgIpc) is 0.766. The van der Waals surface area contributed by atoms with E-state index in [9.17, 15) is 28.8 Å². The fraction of sp³-hybridized carbons (Fsp3) is 0.795. The van der Waals surface area contributed by atoms with Crippen LogP contribution < -0.4 is 0 Å². The summed E-state index contributed by atoms with van der Waals surface area (Å²) in [6.45, 7) is 94.8. The molecule has 6 heteroatoms. The van der Waals surface area contributed by atoms with Crippen molar-refractivity contribution in [3.8, 4) is 0 Å². The van der Waals surface area contributed by atoms with E-state index in [4.69, 9.17) is 0 Å². The van der Waals surface area contributed by atoms with Gasteiger partial charge in [-0.1, -0.05) is 420 Å². The summed E-state index contributed by atoms with van der Waals surface area (Å²) in [5, 5.41) is 0. The molecule has 4 fully saturated rings. The molecule has 123 heavy (non-hydrogen) atoms. The van der Waals surface area contributed by atoms with Gasteiger partial charge in [0.05, 0.1) is 0 Å². The second-order valence-electron chi connectivity index (χ2n) is 54.6. The lowest BCUT2D eigenvalue weighted by Crippen LogP contribution is -2.53. The Balaban J connectivity index is 0.000000739. The van der Waals surface area contributed by atoms with Crippen LogP contribution in [0.15, 0.2) is 60.7 Å². The van der Waals surface area contributed by atoms with Crippen LogP contribution in [0.4, 0.5) is 0 Å². The van der Waals surface area contributed by atoms with E-state index < -0.39 is 0 Å². The number of carbonyl (C=O) groups is 6. The molecule has 4 saturated carbocycles. The molecule has 2 bridgehead atoms. The minimum absolute atomic E-state index is 0.0930. The van der Waals surface area contributed by atoms with Gasteiger partial charge in [-0.2, -0.15) is 0 Å². The standard InChI is InChI=1S/C22H36O.2C20H32O.C19H36O.C19H38O.C17H30O/c1-20(2,3)15-17(19(23)22(7,8)9)14-16-10-12-18(13-11-16)21(4,5)6;1-14-9-10-16(15(2)11-14)12-17(13-19(3,4)5)18(21)20(6,7)8;1-14-10-9-11-16(15(14)2)12-17(13-19(3,4)5)18(21)20(6,7)8;1-18(2,3)14-16(17(20)19(4,5)6)13-15-11-9-7-8-10-12-15;1-8-9-10-11-12-13-14-16(15-18(2,3)4)17(20)19(5,6)7;1-15(2,3)10-13(14(18)16(4,5)6)11-17-7-12(8-17)9-17/h10-13,17H,14-15H2,1-9H3;2*9-11,17H,12-13H2,1-8H3;15-16H,7-14H2,1-6H3;16H,8-15H2,1-7H3;12-13H,7-11H2,1-6H3/t3*17-;2*16-;12?,13-,17?/m111110/s1. The van der Waals surface area contributed by atoms with Crippen LogP contribution in [0.2, 0.25) is 0 Å². The first-order valence-electron chi connectivity index (χ1n) is 49.7. The van der Waals surface area contributed by atoms with E-state index in [2.05, 4.69) is 303 Å². The highest BCUT2D eigenvalue weighted by atomic mass is 16.1. The number of aryl methyl sites for hydroxylation is 3. The molecule has 0 heterocycles. The predicted molar refractivity (Wildman–Crippen MR) is 538 cm³/mol. The van der Waals surface area contributed by atoms with E-state index in [1.807, 2.05) is 62.3 Å². The van der Waals surface area contributed by atoms with E-state index in [0.29, 0.717) is 40.1 Å². The van der Waals surface area contributed by atoms with Crippen molar-refractivity contribution < 1.29 is 28.8 Å². The SMILES string of the molecule is CC(C)(C)C[C@@H](CC12CC(C1)C2)C(=O)C(C)(C)C.CC(C)(C)C[C@@H](CC1CCCCCC1)C(=O)C(C)(C)C.CC(C)(C)C[C@@H](Cc1ccc(C(C)(C)C)cc1)C(=O)C(C)(C)C.CCCCCCCC[C@H](CC(C)(C)C)C(=O)C(C)(C)C.Cc1ccc(C[C@H](CC(C)(C)C)C(=O)C(C)(C)C)c(C)c1.Cc1cccc(C[C@H](CC(C)(C)C)C(=O)C(C)(C)C)c1C. The molecule has 3 aromatic rings. The Morgan fingerprint density at radius 1 is 0.341 bits per heavy atom. The Kier molecular flexibility index (Phi) is 45.5. The molecule has 0 radical (unpaired) electrons. The minimum atomic E-state index is -0.277. The molecule has 0 aromatic heterocycles. The second kappa shape index (κ2) is 48.0. The zero-order valence-electron chi connectivity index (χ0n) is 89.9. The summed E-state index contributed by atoms with van der Waals surface area (Å²) in [7, 11) is 0. The van der Waals surface area contributed by atoms with Crippen LogP contribution in [-0.4, -0.2) is 34.7 Å². The van der Waals surface area contributed by atoms with Gasteiger partial charge in [0, 0.05) is 68.0 Å². The molecule has 0 aliphatic heterocycles. The summed E-state index contributed by atoms with van der Waals surface area (Å²) in [5.41, 5.74) is 11.1. The summed E-state index contributed by atoms with van der Waals surface area (Å²) in [5.74, 6) is 5.49. The fourth-order valence-corrected chi connectivity index (χ4v) is 19.4. The Hall–Kier alpha value is -4.32. The van der Waals surface area contributed by atoms with Crippen LogP contribution >= 0.6 is 0 Å². The van der Waals surface area contributed by atoms with Crippen molar-refractivity contribution in [3.05, 3.63) is 105 Å². The third-order valence-electron chi connectivity index (χ3n) is 25.6. The van der Waals surface area contributed by atoms with Gasteiger partial charge in [0.2, 0.25) is 0 Å². The molecular formula is C117H204O6. The van der Waals surface area contributed by atoms with Crippen LogP contribution in [0, 0.1) is 145 Å². The Bertz CT molecular complexity index is 3630. The number of ketones is 6. The Morgan fingerprint density at radius 2 is 0.675 bits per heavy atom. The molecular weight excluding hydrogens is 1500 g/mol. The number of benzene rings is 3. The molecule has 4 aliphatic carbocycles. The van der Waals surface area contributed by atoms with Gasteiger partial charge in [0.15, 0.2) is 0 Å². The molecule has 0 N–H and O–H groups in total. The molecule has 0 unspecified atom stereocenters. The topological polar surface area (TPSA) is 102 Å². The van der Waals surface area contributed by atoms with Gasteiger partial charge in [-0.3, -0.25) is 28.8 Å². The first kappa shape index (κ1) is 117. The summed E-state index contributed by atoms with van der Waals surface area (Å²) in [6, 6.07) is 21.8. The monoisotopic (exact) mass is 1710 g/mol. The minimum Gasteiger partial charge on any atom is -0.299 e. The Morgan fingerprint density at radius 3 is 1.03 bits per heavy atom. The zero-order chi connectivity index (χ0) is 95.9. The molecule has 6 nitrogen and oxygen atoms in total. The van der Waals surface area contributed by atoms with E-state index in [-0.39, 0.29) is 106 Å². The number of carbonyl (C=O) groups excluding carboxylic acids is 6. The number of hydrogen-bond acceptors (Lipinski definition) is 6. The largest absolute Gasteiger partial charge is 0.299 e. The van der Waals surface area contributed by atoms with Gasteiger partial charge >= 0.3 is 0 Å². The zero-order valence-corrected chi connectivity index (χ0v) is 89.9. The number of rotatable bonds is 29. The first-order valence-corrected chi connectivity index (χ1v) is 49.7. The maximum atomic E-state index is 12.9. The van der Waals surface area contributed by atoms with Crippen molar-refractivity contribution in [1.29, 1.82) is 0 Å². The van der Waals surface area contributed by atoms with Gasteiger partial charge in [-0.05, 0) is 218 Å². The predicted octanol–water partition coefficient (Wildman–Crippen LogP) is 34.5. The smallest absolute Gasteiger partial charge is 0.141 e. The third-order valence-corrected chi connectivity index (χ3v) is 25.6. The van der Waals surface area contributed by atoms with Crippen molar-refractivity contribution in [2.45, 2.75) is 483 Å². The van der Waals surface area contributed by atoms with Gasteiger partial charge in [-0.25, -0.2) is 0 Å². The first-order chi connectivity index (χ1) is 55.2. The fourth-order valence-electron chi connectivity index (χ4n) is 19.4. The lowest BCUT2D eigenvalue weighted by atomic mass is 9.42. The molecule has 7 rings (SSSR count). The van der Waals surface area contributed by atoms with Crippen molar-refractivity contribution in [2.75, 3.05) is 0 Å². The normalized spacial score (nSPS) is 18.0. The maximum Gasteiger partial charge on any atom is 0.141 e. The van der Waals surface area contributed by atoms with Crippen molar-refractivity contribution >= 4 is 34.7 Å². The van der Waals surface area contributed by atoms with Crippen molar-refractivity contribution in [3.63, 3.8) is 0 Å². The lowest BCUT2D eigenvalue weighted by molar-refractivity contribution is -0.147. The van der Waals surface area contributed by atoms with Gasteiger partial charge < -0.3 is 0 Å². The quantitative estimate of drug-likeness (QED) is 0.0507.